The summed E-state index contributed by atoms with van der Waals surface area (Å²) in [6, 6.07) is 9.05. The molecular formula is C15H18FN3O2S. The van der Waals surface area contributed by atoms with E-state index in [1.807, 2.05) is 30.3 Å². The molecule has 0 amide bonds. The average Bonchev–Trinajstić information content (AvgIpc) is 3.00. The van der Waals surface area contributed by atoms with Crippen LogP contribution in [0.3, 0.4) is 0 Å². The molecule has 0 saturated heterocycles. The summed E-state index contributed by atoms with van der Waals surface area (Å²) in [5.41, 5.74) is 0.897. The Kier molecular flexibility index (Phi) is 3.36. The second kappa shape index (κ2) is 4.87. The topological polar surface area (TPSA) is 64.8 Å². The van der Waals surface area contributed by atoms with E-state index in [0.29, 0.717) is 0 Å². The fraction of sp³-hybridized carbons (Fsp3) is 0.467. The number of aromatic nitrogens is 3. The van der Waals surface area contributed by atoms with Crippen LogP contribution in [0, 0.1) is 0 Å². The largest absolute Gasteiger partial charge is 0.267 e. The lowest BCUT2D eigenvalue weighted by Gasteiger charge is -2.16. The van der Waals surface area contributed by atoms with Gasteiger partial charge >= 0.3 is 0 Å². The summed E-state index contributed by atoms with van der Waals surface area (Å²) in [4.78, 5) is 3.97. The standard InChI is InChI=1S/C15H18FN3O2S/c1-15(2,3)22(20,21)14-17-13-11(16)9-12(19(13)18-14)10-7-5-4-6-8-10/h4-8,11-12H,9H2,1-3H3/t11-,12-/m0/s1. The molecule has 1 aliphatic rings. The summed E-state index contributed by atoms with van der Waals surface area (Å²) in [5, 5.41) is 3.82. The summed E-state index contributed by atoms with van der Waals surface area (Å²) in [6.45, 7) is 4.74. The highest BCUT2D eigenvalue weighted by Crippen LogP contribution is 2.40. The molecule has 2 atom stereocenters. The van der Waals surface area contributed by atoms with Crippen molar-refractivity contribution in [2.45, 2.75) is 49.3 Å². The molecule has 0 N–H and O–H groups in total. The molecule has 5 nitrogen and oxygen atoms in total. The van der Waals surface area contributed by atoms with Crippen LogP contribution in [0.15, 0.2) is 35.5 Å². The summed E-state index contributed by atoms with van der Waals surface area (Å²) in [6.07, 6.45) is -1.07. The van der Waals surface area contributed by atoms with E-state index < -0.39 is 20.8 Å². The molecular weight excluding hydrogens is 305 g/mol. The fourth-order valence-corrected chi connectivity index (χ4v) is 3.46. The number of nitrogens with zero attached hydrogens (tertiary/aromatic N) is 3. The zero-order chi connectivity index (χ0) is 16.1. The van der Waals surface area contributed by atoms with Crippen LogP contribution in [-0.4, -0.2) is 27.9 Å². The van der Waals surface area contributed by atoms with Crippen molar-refractivity contribution in [3.05, 3.63) is 41.7 Å². The minimum Gasteiger partial charge on any atom is -0.239 e. The highest BCUT2D eigenvalue weighted by molar-refractivity contribution is 7.92. The van der Waals surface area contributed by atoms with Gasteiger partial charge in [0.2, 0.25) is 9.84 Å². The minimum absolute atomic E-state index is 0.0941. The van der Waals surface area contributed by atoms with Crippen LogP contribution in [0.1, 0.15) is 50.8 Å². The summed E-state index contributed by atoms with van der Waals surface area (Å²) in [7, 11) is -3.69. The molecule has 22 heavy (non-hydrogen) atoms. The van der Waals surface area contributed by atoms with Gasteiger partial charge in [0, 0.05) is 6.42 Å². The van der Waals surface area contributed by atoms with E-state index in [0.717, 1.165) is 5.56 Å². The number of fused-ring (bicyclic) bond motifs is 1. The average molecular weight is 323 g/mol. The van der Waals surface area contributed by atoms with Gasteiger partial charge in [0.15, 0.2) is 12.0 Å². The van der Waals surface area contributed by atoms with E-state index in [1.165, 1.54) is 4.68 Å². The lowest BCUT2D eigenvalue weighted by molar-refractivity contribution is 0.326. The first-order valence-corrected chi connectivity index (χ1v) is 8.60. The second-order valence-electron chi connectivity index (χ2n) is 6.44. The molecule has 0 spiro atoms. The molecule has 7 heteroatoms. The van der Waals surface area contributed by atoms with Crippen molar-refractivity contribution in [3.8, 4) is 0 Å². The van der Waals surface area contributed by atoms with Gasteiger partial charge in [0.05, 0.1) is 10.8 Å². The first-order chi connectivity index (χ1) is 10.2. The quantitative estimate of drug-likeness (QED) is 0.852. The van der Waals surface area contributed by atoms with Gasteiger partial charge in [-0.05, 0) is 26.3 Å². The van der Waals surface area contributed by atoms with E-state index >= 15 is 0 Å². The third-order valence-corrected chi connectivity index (χ3v) is 6.14. The van der Waals surface area contributed by atoms with Crippen LogP contribution < -0.4 is 0 Å². The van der Waals surface area contributed by atoms with E-state index in [9.17, 15) is 12.8 Å². The predicted octanol–water partition coefficient (Wildman–Crippen LogP) is 2.85. The number of alkyl halides is 1. The summed E-state index contributed by atoms with van der Waals surface area (Å²) in [5.74, 6) is 0.0941. The Morgan fingerprint density at radius 3 is 2.45 bits per heavy atom. The zero-order valence-corrected chi connectivity index (χ0v) is 13.5. The first-order valence-electron chi connectivity index (χ1n) is 7.12. The third kappa shape index (κ3) is 2.24. The molecule has 1 aliphatic heterocycles. The third-order valence-electron chi connectivity index (χ3n) is 3.87. The number of hydrogen-bond acceptors (Lipinski definition) is 4. The number of halogens is 1. The van der Waals surface area contributed by atoms with Crippen molar-refractivity contribution in [2.75, 3.05) is 0 Å². The predicted molar refractivity (Wildman–Crippen MR) is 80.0 cm³/mol. The van der Waals surface area contributed by atoms with Crippen molar-refractivity contribution in [1.82, 2.24) is 14.8 Å². The maximum atomic E-state index is 14.2. The van der Waals surface area contributed by atoms with Gasteiger partial charge in [0.25, 0.3) is 5.16 Å². The summed E-state index contributed by atoms with van der Waals surface area (Å²) < 4.78 is 39.5. The molecule has 118 valence electrons. The van der Waals surface area contributed by atoms with Crippen molar-refractivity contribution in [1.29, 1.82) is 0 Å². The molecule has 1 aromatic carbocycles. The van der Waals surface area contributed by atoms with Gasteiger partial charge in [-0.3, -0.25) is 0 Å². The molecule has 2 heterocycles. The molecule has 0 unspecified atom stereocenters. The maximum absolute atomic E-state index is 14.2. The van der Waals surface area contributed by atoms with Gasteiger partial charge < -0.3 is 0 Å². The Balaban J connectivity index is 2.08. The fourth-order valence-electron chi connectivity index (χ4n) is 2.50. The van der Waals surface area contributed by atoms with Crippen molar-refractivity contribution < 1.29 is 12.8 Å². The van der Waals surface area contributed by atoms with Crippen LogP contribution >= 0.6 is 0 Å². The molecule has 2 aromatic rings. The monoisotopic (exact) mass is 323 g/mol. The van der Waals surface area contributed by atoms with Gasteiger partial charge in [-0.2, -0.15) is 4.98 Å². The van der Waals surface area contributed by atoms with Crippen LogP contribution in [0.4, 0.5) is 4.39 Å². The Morgan fingerprint density at radius 2 is 1.86 bits per heavy atom. The SMILES string of the molecule is CC(C)(C)S(=O)(=O)c1nc2n(n1)[C@H](c1ccccc1)C[C@@H]2F. The normalized spacial score (nSPS) is 21.8. The van der Waals surface area contributed by atoms with E-state index in [2.05, 4.69) is 10.1 Å². The number of hydrogen-bond donors (Lipinski definition) is 0. The molecule has 0 radical (unpaired) electrons. The highest BCUT2D eigenvalue weighted by atomic mass is 32.2. The number of sulfone groups is 1. The van der Waals surface area contributed by atoms with E-state index in [-0.39, 0.29) is 23.4 Å². The van der Waals surface area contributed by atoms with Crippen molar-refractivity contribution in [3.63, 3.8) is 0 Å². The number of rotatable bonds is 2. The van der Waals surface area contributed by atoms with E-state index in [1.54, 1.807) is 20.8 Å². The number of benzene rings is 1. The highest BCUT2D eigenvalue weighted by Gasteiger charge is 2.40. The Bertz CT molecular complexity index is 794. The maximum Gasteiger partial charge on any atom is 0.267 e. The summed E-state index contributed by atoms with van der Waals surface area (Å²) >= 11 is 0. The van der Waals surface area contributed by atoms with Gasteiger partial charge in [-0.1, -0.05) is 30.3 Å². The van der Waals surface area contributed by atoms with Gasteiger partial charge in [0.1, 0.15) is 0 Å². The van der Waals surface area contributed by atoms with Crippen LogP contribution in [0.2, 0.25) is 0 Å². The van der Waals surface area contributed by atoms with E-state index in [4.69, 9.17) is 0 Å². The van der Waals surface area contributed by atoms with Crippen LogP contribution in [-0.2, 0) is 9.84 Å². The minimum atomic E-state index is -3.69. The molecule has 0 saturated carbocycles. The molecule has 0 fully saturated rings. The van der Waals surface area contributed by atoms with Crippen molar-refractivity contribution in [2.24, 2.45) is 0 Å². The van der Waals surface area contributed by atoms with Gasteiger partial charge in [-0.15, -0.1) is 5.10 Å². The molecule has 1 aromatic heterocycles. The van der Waals surface area contributed by atoms with Crippen LogP contribution in [0.25, 0.3) is 0 Å². The first kappa shape index (κ1) is 15.1. The zero-order valence-electron chi connectivity index (χ0n) is 12.7. The smallest absolute Gasteiger partial charge is 0.239 e. The van der Waals surface area contributed by atoms with Gasteiger partial charge in [-0.25, -0.2) is 17.5 Å². The molecule has 3 rings (SSSR count). The second-order valence-corrected chi connectivity index (χ2v) is 9.04. The lowest BCUT2D eigenvalue weighted by Crippen LogP contribution is -2.29. The molecule has 0 aliphatic carbocycles. The Labute approximate surface area is 129 Å². The molecule has 0 bridgehead atoms. The van der Waals surface area contributed by atoms with Crippen LogP contribution in [0.5, 0.6) is 0 Å². The Morgan fingerprint density at radius 1 is 1.23 bits per heavy atom. The Hall–Kier alpha value is -1.76. The lowest BCUT2D eigenvalue weighted by atomic mass is 10.0. The van der Waals surface area contributed by atoms with Crippen molar-refractivity contribution >= 4 is 9.84 Å².